The van der Waals surface area contributed by atoms with Gasteiger partial charge >= 0.3 is 0 Å². The van der Waals surface area contributed by atoms with Crippen molar-refractivity contribution in [3.05, 3.63) is 108 Å². The van der Waals surface area contributed by atoms with E-state index in [0.717, 1.165) is 31.0 Å². The third-order valence-electron chi connectivity index (χ3n) is 6.90. The first-order valence-corrected chi connectivity index (χ1v) is 10.9. The fraction of sp³-hybridized carbons (Fsp3) is 0.296. The summed E-state index contributed by atoms with van der Waals surface area (Å²) in [4.78, 5) is 15.3. The number of ketones is 1. The lowest BCUT2D eigenvalue weighted by Crippen LogP contribution is -2.54. The van der Waals surface area contributed by atoms with Crippen molar-refractivity contribution in [2.24, 2.45) is 5.92 Å². The predicted octanol–water partition coefficient (Wildman–Crippen LogP) is 5.28. The van der Waals surface area contributed by atoms with E-state index in [9.17, 15) is 4.79 Å². The normalized spacial score (nSPS) is 26.2. The first kappa shape index (κ1) is 19.8. The molecule has 0 N–H and O–H groups in total. The summed E-state index contributed by atoms with van der Waals surface area (Å²) >= 11 is 0. The molecule has 4 heteroatoms. The van der Waals surface area contributed by atoms with Crippen LogP contribution in [-0.4, -0.2) is 24.3 Å². The SMILES string of the molecule is COC1=CC(=O)C[C@@]2(c3ccccc3)CCN(Cc3ccccc3)[C@H](c3ccco3)[C@@H]12. The van der Waals surface area contributed by atoms with Crippen LogP contribution in [0.15, 0.2) is 95.3 Å². The highest BCUT2D eigenvalue weighted by Crippen LogP contribution is 2.56. The van der Waals surface area contributed by atoms with E-state index in [2.05, 4.69) is 53.4 Å². The van der Waals surface area contributed by atoms with Crippen molar-refractivity contribution in [2.75, 3.05) is 13.7 Å². The molecule has 1 aromatic heterocycles. The van der Waals surface area contributed by atoms with Gasteiger partial charge in [0.1, 0.15) is 11.5 Å². The second-order valence-electron chi connectivity index (χ2n) is 8.56. The zero-order chi connectivity index (χ0) is 21.3. The van der Waals surface area contributed by atoms with Crippen molar-refractivity contribution in [1.29, 1.82) is 0 Å². The maximum absolute atomic E-state index is 12.8. The Balaban J connectivity index is 1.65. The molecule has 0 spiro atoms. The van der Waals surface area contributed by atoms with Crippen LogP contribution in [0, 0.1) is 5.92 Å². The molecule has 5 rings (SSSR count). The Kier molecular flexibility index (Phi) is 5.24. The van der Waals surface area contributed by atoms with Crippen LogP contribution in [-0.2, 0) is 21.5 Å². The Morgan fingerprint density at radius 2 is 1.77 bits per heavy atom. The van der Waals surface area contributed by atoms with Gasteiger partial charge in [0.05, 0.1) is 19.4 Å². The van der Waals surface area contributed by atoms with Crippen molar-refractivity contribution < 1.29 is 13.9 Å². The monoisotopic (exact) mass is 413 g/mol. The molecule has 0 saturated carbocycles. The molecule has 31 heavy (non-hydrogen) atoms. The number of carbonyl (C=O) groups excluding carboxylic acids is 1. The van der Waals surface area contributed by atoms with Crippen molar-refractivity contribution >= 4 is 5.78 Å². The van der Waals surface area contributed by atoms with E-state index in [0.29, 0.717) is 6.42 Å². The van der Waals surface area contributed by atoms with Crippen LogP contribution in [0.4, 0.5) is 0 Å². The number of benzene rings is 2. The third kappa shape index (κ3) is 3.51. The van der Waals surface area contributed by atoms with E-state index in [1.54, 1.807) is 19.4 Å². The number of methoxy groups -OCH3 is 1. The zero-order valence-corrected chi connectivity index (χ0v) is 17.7. The van der Waals surface area contributed by atoms with Crippen molar-refractivity contribution in [1.82, 2.24) is 4.90 Å². The van der Waals surface area contributed by atoms with Gasteiger partial charge in [-0.05, 0) is 29.7 Å². The van der Waals surface area contributed by atoms with Gasteiger partial charge in [0.25, 0.3) is 0 Å². The number of hydrogen-bond donors (Lipinski definition) is 0. The number of likely N-dealkylation sites (tertiary alicyclic amines) is 1. The molecule has 2 aromatic carbocycles. The van der Waals surface area contributed by atoms with Gasteiger partial charge in [0, 0.05) is 36.9 Å². The van der Waals surface area contributed by atoms with Crippen molar-refractivity contribution in [2.45, 2.75) is 30.8 Å². The Hall–Kier alpha value is -3.11. The summed E-state index contributed by atoms with van der Waals surface area (Å²) in [6, 6.07) is 25.0. The number of furan rings is 1. The Morgan fingerprint density at radius 1 is 1.03 bits per heavy atom. The summed E-state index contributed by atoms with van der Waals surface area (Å²) in [5.74, 6) is 1.78. The highest BCUT2D eigenvalue weighted by Gasteiger charge is 2.55. The third-order valence-corrected chi connectivity index (χ3v) is 6.90. The lowest BCUT2D eigenvalue weighted by Gasteiger charge is -2.54. The van der Waals surface area contributed by atoms with E-state index < -0.39 is 0 Å². The van der Waals surface area contributed by atoms with Gasteiger partial charge < -0.3 is 9.15 Å². The van der Waals surface area contributed by atoms with Crippen LogP contribution in [0.25, 0.3) is 0 Å². The standard InChI is InChI=1S/C27H27NO3/c1-30-24-17-22(29)18-27(21-11-6-3-7-12-21)14-15-28(19-20-9-4-2-5-10-20)26(25(24)27)23-13-8-16-31-23/h2-13,16-17,25-26H,14-15,18-19H2,1H3/t25-,26-,27-/m1/s1. The number of hydrogen-bond acceptors (Lipinski definition) is 4. The Labute approximate surface area is 183 Å². The minimum absolute atomic E-state index is 0.0128. The summed E-state index contributed by atoms with van der Waals surface area (Å²) in [7, 11) is 1.68. The second-order valence-corrected chi connectivity index (χ2v) is 8.56. The molecule has 2 aliphatic rings. The molecule has 2 heterocycles. The van der Waals surface area contributed by atoms with E-state index in [1.165, 1.54) is 11.1 Å². The van der Waals surface area contributed by atoms with Gasteiger partial charge in [-0.3, -0.25) is 9.69 Å². The Bertz CT molecular complexity index is 1060. The van der Waals surface area contributed by atoms with E-state index in [-0.39, 0.29) is 23.2 Å². The predicted molar refractivity (Wildman–Crippen MR) is 119 cm³/mol. The van der Waals surface area contributed by atoms with Crippen LogP contribution in [0.1, 0.15) is 35.8 Å². The lowest BCUT2D eigenvalue weighted by molar-refractivity contribution is -0.120. The van der Waals surface area contributed by atoms with Gasteiger partial charge in [-0.1, -0.05) is 60.7 Å². The molecule has 0 radical (unpaired) electrons. The van der Waals surface area contributed by atoms with Gasteiger partial charge in [-0.25, -0.2) is 0 Å². The fourth-order valence-corrected chi connectivity index (χ4v) is 5.57. The van der Waals surface area contributed by atoms with E-state index >= 15 is 0 Å². The molecule has 0 unspecified atom stereocenters. The van der Waals surface area contributed by atoms with Crippen molar-refractivity contribution in [3.63, 3.8) is 0 Å². The first-order valence-electron chi connectivity index (χ1n) is 10.9. The quantitative estimate of drug-likeness (QED) is 0.570. The molecule has 0 bridgehead atoms. The summed E-state index contributed by atoms with van der Waals surface area (Å²) in [5, 5.41) is 0. The molecular formula is C27H27NO3. The molecule has 3 atom stereocenters. The minimum Gasteiger partial charge on any atom is -0.501 e. The number of fused-ring (bicyclic) bond motifs is 1. The highest BCUT2D eigenvalue weighted by molar-refractivity contribution is 5.92. The highest BCUT2D eigenvalue weighted by atomic mass is 16.5. The smallest absolute Gasteiger partial charge is 0.159 e. The molecule has 3 aromatic rings. The number of ether oxygens (including phenoxy) is 1. The number of piperidine rings is 1. The van der Waals surface area contributed by atoms with Gasteiger partial charge in [0.2, 0.25) is 0 Å². The average molecular weight is 414 g/mol. The maximum Gasteiger partial charge on any atom is 0.159 e. The molecule has 1 saturated heterocycles. The summed E-state index contributed by atoms with van der Waals surface area (Å²) in [6.07, 6.45) is 4.82. The summed E-state index contributed by atoms with van der Waals surface area (Å²) in [6.45, 7) is 1.69. The van der Waals surface area contributed by atoms with Crippen LogP contribution in [0.5, 0.6) is 0 Å². The maximum atomic E-state index is 12.8. The van der Waals surface area contributed by atoms with Crippen LogP contribution >= 0.6 is 0 Å². The largest absolute Gasteiger partial charge is 0.501 e. The molecular weight excluding hydrogens is 386 g/mol. The van der Waals surface area contributed by atoms with Gasteiger partial charge in [-0.2, -0.15) is 0 Å². The van der Waals surface area contributed by atoms with Crippen LogP contribution < -0.4 is 0 Å². The van der Waals surface area contributed by atoms with E-state index in [4.69, 9.17) is 9.15 Å². The molecule has 1 aliphatic heterocycles. The molecule has 1 fully saturated rings. The molecule has 158 valence electrons. The minimum atomic E-state index is -0.316. The second kappa shape index (κ2) is 8.20. The molecule has 4 nitrogen and oxygen atoms in total. The van der Waals surface area contributed by atoms with Crippen LogP contribution in [0.2, 0.25) is 0 Å². The van der Waals surface area contributed by atoms with Gasteiger partial charge in [0.15, 0.2) is 5.78 Å². The summed E-state index contributed by atoms with van der Waals surface area (Å²) < 4.78 is 11.9. The number of allylic oxidation sites excluding steroid dienone is 1. The number of rotatable bonds is 5. The summed E-state index contributed by atoms with van der Waals surface area (Å²) in [5.41, 5.74) is 2.15. The zero-order valence-electron chi connectivity index (χ0n) is 17.7. The molecule has 1 aliphatic carbocycles. The van der Waals surface area contributed by atoms with Crippen LogP contribution in [0.3, 0.4) is 0 Å². The lowest BCUT2D eigenvalue weighted by atomic mass is 9.57. The number of nitrogens with zero attached hydrogens (tertiary/aromatic N) is 1. The fourth-order valence-electron chi connectivity index (χ4n) is 5.57. The van der Waals surface area contributed by atoms with E-state index in [1.807, 2.05) is 24.3 Å². The van der Waals surface area contributed by atoms with Gasteiger partial charge in [-0.15, -0.1) is 0 Å². The average Bonchev–Trinajstić information content (AvgIpc) is 3.34. The first-order chi connectivity index (χ1) is 15.2. The number of carbonyl (C=O) groups is 1. The molecule has 0 amide bonds. The topological polar surface area (TPSA) is 42.7 Å². The van der Waals surface area contributed by atoms with Crippen molar-refractivity contribution in [3.8, 4) is 0 Å². The Morgan fingerprint density at radius 3 is 2.45 bits per heavy atom.